The van der Waals surface area contributed by atoms with E-state index in [2.05, 4.69) is 20.4 Å². The van der Waals surface area contributed by atoms with E-state index in [1.54, 1.807) is 16.8 Å². The van der Waals surface area contributed by atoms with Crippen molar-refractivity contribution in [1.29, 1.82) is 0 Å². The number of nitrogens with one attached hydrogen (secondary N) is 1. The van der Waals surface area contributed by atoms with Crippen LogP contribution in [0.2, 0.25) is 5.02 Å². The van der Waals surface area contributed by atoms with Gasteiger partial charge in [-0.2, -0.15) is 9.50 Å². The van der Waals surface area contributed by atoms with Crippen LogP contribution in [-0.4, -0.2) is 19.6 Å². The monoisotopic (exact) mass is 325 g/mol. The zero-order valence-corrected chi connectivity index (χ0v) is 12.9. The van der Waals surface area contributed by atoms with Gasteiger partial charge in [0.25, 0.3) is 5.78 Å². The maximum absolute atomic E-state index is 5.92. The molecule has 114 valence electrons. The van der Waals surface area contributed by atoms with Crippen LogP contribution < -0.4 is 5.32 Å². The molecule has 3 heterocycles. The van der Waals surface area contributed by atoms with E-state index in [0.717, 1.165) is 17.2 Å². The smallest absolute Gasteiger partial charge is 0.255 e. The summed E-state index contributed by atoms with van der Waals surface area (Å²) >= 11 is 5.92. The number of halogens is 1. The molecule has 1 N–H and O–H groups in total. The fourth-order valence-corrected chi connectivity index (χ4v) is 2.39. The van der Waals surface area contributed by atoms with Gasteiger partial charge in [-0.1, -0.05) is 11.6 Å². The Labute approximate surface area is 136 Å². The van der Waals surface area contributed by atoms with E-state index >= 15 is 0 Å². The normalized spacial score (nSPS) is 11.0. The largest absolute Gasteiger partial charge is 0.461 e. The van der Waals surface area contributed by atoms with Gasteiger partial charge in [-0.05, 0) is 43.3 Å². The molecular formula is C16H12ClN5O. The summed E-state index contributed by atoms with van der Waals surface area (Å²) in [5.74, 6) is 2.37. The SMILES string of the molecule is Cc1cc(Nc2ccc(Cl)cc2)n2nc(-c3ccco3)nc2n1. The minimum atomic E-state index is 0.493. The number of nitrogens with zero attached hydrogens (tertiary/aromatic N) is 4. The van der Waals surface area contributed by atoms with Gasteiger partial charge in [-0.15, -0.1) is 5.10 Å². The van der Waals surface area contributed by atoms with Crippen LogP contribution in [0, 0.1) is 6.92 Å². The third kappa shape index (κ3) is 2.64. The Balaban J connectivity index is 1.80. The quantitative estimate of drug-likeness (QED) is 0.614. The van der Waals surface area contributed by atoms with E-state index in [-0.39, 0.29) is 0 Å². The first-order valence-electron chi connectivity index (χ1n) is 7.00. The van der Waals surface area contributed by atoms with E-state index in [1.165, 1.54) is 0 Å². The molecule has 0 saturated carbocycles. The molecule has 0 aliphatic heterocycles. The van der Waals surface area contributed by atoms with Crippen molar-refractivity contribution in [2.75, 3.05) is 5.32 Å². The summed E-state index contributed by atoms with van der Waals surface area (Å²) in [5.41, 5.74) is 1.74. The van der Waals surface area contributed by atoms with Gasteiger partial charge in [-0.25, -0.2) is 4.98 Å². The summed E-state index contributed by atoms with van der Waals surface area (Å²) in [6.07, 6.45) is 1.59. The molecule has 6 nitrogen and oxygen atoms in total. The van der Waals surface area contributed by atoms with Gasteiger partial charge in [0, 0.05) is 22.5 Å². The van der Waals surface area contributed by atoms with E-state index < -0.39 is 0 Å². The lowest BCUT2D eigenvalue weighted by Crippen LogP contribution is -2.02. The van der Waals surface area contributed by atoms with Gasteiger partial charge in [0.05, 0.1) is 6.26 Å². The molecule has 0 spiro atoms. The number of hydrogen-bond acceptors (Lipinski definition) is 5. The van der Waals surface area contributed by atoms with Gasteiger partial charge in [-0.3, -0.25) is 0 Å². The molecule has 23 heavy (non-hydrogen) atoms. The Morgan fingerprint density at radius 2 is 1.96 bits per heavy atom. The van der Waals surface area contributed by atoms with Crippen molar-refractivity contribution in [2.24, 2.45) is 0 Å². The number of benzene rings is 1. The second kappa shape index (κ2) is 5.40. The zero-order chi connectivity index (χ0) is 15.8. The van der Waals surface area contributed by atoms with Crippen LogP contribution in [0.15, 0.2) is 53.1 Å². The van der Waals surface area contributed by atoms with Gasteiger partial charge < -0.3 is 9.73 Å². The highest BCUT2D eigenvalue weighted by atomic mass is 35.5. The van der Waals surface area contributed by atoms with E-state index in [1.807, 2.05) is 43.3 Å². The first-order chi connectivity index (χ1) is 11.2. The number of hydrogen-bond donors (Lipinski definition) is 1. The Kier molecular flexibility index (Phi) is 3.24. The summed E-state index contributed by atoms with van der Waals surface area (Å²) in [4.78, 5) is 8.83. The minimum Gasteiger partial charge on any atom is -0.461 e. The highest BCUT2D eigenvalue weighted by Gasteiger charge is 2.13. The average molecular weight is 326 g/mol. The molecule has 0 bridgehead atoms. The topological polar surface area (TPSA) is 68.2 Å². The fraction of sp³-hybridized carbons (Fsp3) is 0.0625. The van der Waals surface area contributed by atoms with Crippen LogP contribution in [0.4, 0.5) is 11.5 Å². The first-order valence-corrected chi connectivity index (χ1v) is 7.38. The molecule has 0 aliphatic carbocycles. The second-order valence-corrected chi connectivity index (χ2v) is 5.48. The summed E-state index contributed by atoms with van der Waals surface area (Å²) in [6.45, 7) is 1.91. The number of aromatic nitrogens is 4. The highest BCUT2D eigenvalue weighted by molar-refractivity contribution is 6.30. The third-order valence-corrected chi connectivity index (χ3v) is 3.55. The van der Waals surface area contributed by atoms with Crippen molar-refractivity contribution < 1.29 is 4.42 Å². The van der Waals surface area contributed by atoms with Gasteiger partial charge >= 0.3 is 0 Å². The van der Waals surface area contributed by atoms with Crippen molar-refractivity contribution >= 4 is 28.9 Å². The lowest BCUT2D eigenvalue weighted by atomic mass is 10.3. The molecular weight excluding hydrogens is 314 g/mol. The van der Waals surface area contributed by atoms with E-state index in [0.29, 0.717) is 22.4 Å². The van der Waals surface area contributed by atoms with Crippen molar-refractivity contribution in [1.82, 2.24) is 19.6 Å². The van der Waals surface area contributed by atoms with E-state index in [9.17, 15) is 0 Å². The average Bonchev–Trinajstić information content (AvgIpc) is 3.18. The van der Waals surface area contributed by atoms with Crippen LogP contribution in [-0.2, 0) is 0 Å². The molecule has 0 radical (unpaired) electrons. The molecule has 0 unspecified atom stereocenters. The van der Waals surface area contributed by atoms with Crippen LogP contribution in [0.3, 0.4) is 0 Å². The number of furan rings is 1. The second-order valence-electron chi connectivity index (χ2n) is 5.04. The predicted octanol–water partition coefficient (Wildman–Crippen LogP) is 4.09. The van der Waals surface area contributed by atoms with Crippen LogP contribution in [0.25, 0.3) is 17.4 Å². The molecule has 4 aromatic rings. The number of fused-ring (bicyclic) bond motifs is 1. The lowest BCUT2D eigenvalue weighted by molar-refractivity contribution is 0.577. The molecule has 0 aliphatic rings. The Morgan fingerprint density at radius 1 is 1.13 bits per heavy atom. The number of rotatable bonds is 3. The fourth-order valence-electron chi connectivity index (χ4n) is 2.27. The van der Waals surface area contributed by atoms with Crippen LogP contribution >= 0.6 is 11.6 Å². The zero-order valence-electron chi connectivity index (χ0n) is 12.2. The molecule has 3 aromatic heterocycles. The molecule has 0 amide bonds. The van der Waals surface area contributed by atoms with Crippen LogP contribution in [0.5, 0.6) is 0 Å². The summed E-state index contributed by atoms with van der Waals surface area (Å²) in [5, 5.41) is 8.46. The maximum atomic E-state index is 5.92. The molecule has 0 saturated heterocycles. The van der Waals surface area contributed by atoms with Gasteiger partial charge in [0.1, 0.15) is 5.82 Å². The van der Waals surface area contributed by atoms with Gasteiger partial charge in [0.15, 0.2) is 5.76 Å². The minimum absolute atomic E-state index is 0.493. The Hall–Kier alpha value is -2.86. The van der Waals surface area contributed by atoms with Gasteiger partial charge in [0.2, 0.25) is 5.82 Å². The molecule has 4 rings (SSSR count). The Morgan fingerprint density at radius 3 is 2.70 bits per heavy atom. The standard InChI is InChI=1S/C16H12ClN5O/c1-10-9-14(19-12-6-4-11(17)5-7-12)22-16(18-10)20-15(21-22)13-3-2-8-23-13/h2-9,19H,1H3. The number of aryl methyl sites for hydroxylation is 1. The van der Waals surface area contributed by atoms with Crippen molar-refractivity contribution in [3.63, 3.8) is 0 Å². The first kappa shape index (κ1) is 13.8. The third-order valence-electron chi connectivity index (χ3n) is 3.30. The van der Waals surface area contributed by atoms with Crippen molar-refractivity contribution in [2.45, 2.75) is 6.92 Å². The van der Waals surface area contributed by atoms with E-state index in [4.69, 9.17) is 16.0 Å². The van der Waals surface area contributed by atoms with Crippen LogP contribution in [0.1, 0.15) is 5.69 Å². The summed E-state index contributed by atoms with van der Waals surface area (Å²) in [7, 11) is 0. The highest BCUT2D eigenvalue weighted by Crippen LogP contribution is 2.22. The van der Waals surface area contributed by atoms with Crippen molar-refractivity contribution in [3.05, 3.63) is 59.4 Å². The lowest BCUT2D eigenvalue weighted by Gasteiger charge is -2.08. The number of anilines is 2. The summed E-state index contributed by atoms with van der Waals surface area (Å²) in [6, 6.07) is 13.0. The predicted molar refractivity (Wildman–Crippen MR) is 88.0 cm³/mol. The molecule has 1 aromatic carbocycles. The summed E-state index contributed by atoms with van der Waals surface area (Å²) < 4.78 is 7.00. The molecule has 7 heteroatoms. The maximum Gasteiger partial charge on any atom is 0.255 e. The Bertz CT molecular complexity index is 960. The van der Waals surface area contributed by atoms with Crippen molar-refractivity contribution in [3.8, 4) is 11.6 Å². The molecule has 0 atom stereocenters. The molecule has 0 fully saturated rings.